The smallest absolute Gasteiger partial charge is 0.428 e. The number of rotatable bonds is 4. The number of pyridine rings is 2. The fraction of sp³-hybridized carbons (Fsp3) is 0.368. The van der Waals surface area contributed by atoms with Crippen molar-refractivity contribution in [1.29, 1.82) is 0 Å². The number of hydrogen-bond donors (Lipinski definition) is 1. The molecule has 4 rings (SSSR count). The van der Waals surface area contributed by atoms with Gasteiger partial charge in [0.2, 0.25) is 12.0 Å². The molecule has 1 N–H and O–H groups in total. The van der Waals surface area contributed by atoms with Gasteiger partial charge in [0, 0.05) is 44.3 Å². The fourth-order valence-electron chi connectivity index (χ4n) is 3.19. The minimum atomic E-state index is -4.61. The van der Waals surface area contributed by atoms with Crippen LogP contribution in [0, 0.1) is 0 Å². The number of nitrogens with zero attached hydrogens (tertiary/aromatic N) is 3. The normalized spacial score (nSPS) is 18.9. The molecule has 0 bridgehead atoms. The van der Waals surface area contributed by atoms with E-state index in [1.165, 1.54) is 0 Å². The lowest BCUT2D eigenvalue weighted by Crippen LogP contribution is -2.53. The molecular formula is C19H19F3N4O2. The second kappa shape index (κ2) is 7.40. The van der Waals surface area contributed by atoms with Crippen LogP contribution in [0.25, 0.3) is 22.2 Å². The Balaban J connectivity index is 1.77. The highest BCUT2D eigenvalue weighted by Crippen LogP contribution is 2.33. The topological polar surface area (TPSA) is 61.2 Å². The first kappa shape index (κ1) is 18.7. The van der Waals surface area contributed by atoms with Crippen LogP contribution in [0.15, 0.2) is 42.9 Å². The van der Waals surface area contributed by atoms with Gasteiger partial charge in [0.05, 0.1) is 23.2 Å². The number of hydrogen-bond acceptors (Lipinski definition) is 5. The third-order valence-corrected chi connectivity index (χ3v) is 4.55. The molecular weight excluding hydrogens is 373 g/mol. The minimum Gasteiger partial charge on any atom is -0.461 e. The molecule has 0 unspecified atom stereocenters. The maximum atomic E-state index is 13.7. The Morgan fingerprint density at radius 2 is 2.21 bits per heavy atom. The molecule has 3 aromatic heterocycles. The number of nitrogens with one attached hydrogen (secondary N) is 1. The molecule has 0 aliphatic carbocycles. The first-order valence-electron chi connectivity index (χ1n) is 8.85. The molecule has 0 radical (unpaired) electrons. The second-order valence-corrected chi connectivity index (χ2v) is 6.64. The zero-order chi connectivity index (χ0) is 19.7. The van der Waals surface area contributed by atoms with E-state index in [0.29, 0.717) is 23.1 Å². The van der Waals surface area contributed by atoms with Gasteiger partial charge in [-0.05, 0) is 24.3 Å². The standard InChI is InChI=1S/C19H19F3N4O2/c1-26-7-4-12(11-26)14-9-15-13(3-2-5-24-15)18(25-14)28-17(19(20,21)22)16-10-23-6-8-27-16/h2-5,7,9,11,16-17,23H,6,8,10H2,1H3/t16-,17+/m0/s1. The van der Waals surface area contributed by atoms with Gasteiger partial charge in [-0.15, -0.1) is 0 Å². The van der Waals surface area contributed by atoms with Gasteiger partial charge in [-0.1, -0.05) is 0 Å². The highest BCUT2D eigenvalue weighted by Gasteiger charge is 2.48. The molecule has 148 valence electrons. The molecule has 6 nitrogen and oxygen atoms in total. The maximum absolute atomic E-state index is 13.7. The molecule has 0 aromatic carbocycles. The van der Waals surface area contributed by atoms with E-state index in [0.717, 1.165) is 5.56 Å². The van der Waals surface area contributed by atoms with Gasteiger partial charge < -0.3 is 19.4 Å². The molecule has 4 heterocycles. The Hall–Kier alpha value is -2.65. The van der Waals surface area contributed by atoms with Crippen molar-refractivity contribution in [1.82, 2.24) is 19.9 Å². The molecule has 2 atom stereocenters. The fourth-order valence-corrected chi connectivity index (χ4v) is 3.19. The van der Waals surface area contributed by atoms with E-state index >= 15 is 0 Å². The summed E-state index contributed by atoms with van der Waals surface area (Å²) in [5.41, 5.74) is 1.76. The Labute approximate surface area is 159 Å². The van der Waals surface area contributed by atoms with Crippen LogP contribution < -0.4 is 10.1 Å². The Kier molecular flexibility index (Phi) is 4.94. The average Bonchev–Trinajstić information content (AvgIpc) is 3.12. The lowest BCUT2D eigenvalue weighted by atomic mass is 10.1. The van der Waals surface area contributed by atoms with Crippen LogP contribution in [0.4, 0.5) is 13.2 Å². The predicted octanol–water partition coefficient (Wildman–Crippen LogP) is 2.93. The van der Waals surface area contributed by atoms with Crippen molar-refractivity contribution in [2.75, 3.05) is 19.7 Å². The molecule has 1 aliphatic heterocycles. The molecule has 28 heavy (non-hydrogen) atoms. The van der Waals surface area contributed by atoms with Crippen molar-refractivity contribution in [3.05, 3.63) is 42.9 Å². The van der Waals surface area contributed by atoms with Crippen LogP contribution in [0.3, 0.4) is 0 Å². The molecule has 0 spiro atoms. The third-order valence-electron chi connectivity index (χ3n) is 4.55. The van der Waals surface area contributed by atoms with E-state index in [1.807, 2.05) is 30.1 Å². The van der Waals surface area contributed by atoms with E-state index in [-0.39, 0.29) is 19.0 Å². The average molecular weight is 392 g/mol. The highest BCUT2D eigenvalue weighted by atomic mass is 19.4. The van der Waals surface area contributed by atoms with Gasteiger partial charge in [0.1, 0.15) is 6.10 Å². The summed E-state index contributed by atoms with van der Waals surface area (Å²) >= 11 is 0. The van der Waals surface area contributed by atoms with E-state index in [9.17, 15) is 13.2 Å². The van der Waals surface area contributed by atoms with Crippen LogP contribution in [-0.2, 0) is 11.8 Å². The summed E-state index contributed by atoms with van der Waals surface area (Å²) in [6, 6.07) is 6.85. The Morgan fingerprint density at radius 1 is 1.36 bits per heavy atom. The summed E-state index contributed by atoms with van der Waals surface area (Å²) in [6.07, 6.45) is -2.65. The lowest BCUT2D eigenvalue weighted by Gasteiger charge is -2.32. The van der Waals surface area contributed by atoms with Gasteiger partial charge in [-0.25, -0.2) is 4.98 Å². The van der Waals surface area contributed by atoms with E-state index in [4.69, 9.17) is 9.47 Å². The van der Waals surface area contributed by atoms with Gasteiger partial charge in [-0.2, -0.15) is 13.2 Å². The van der Waals surface area contributed by atoms with Gasteiger partial charge in [-0.3, -0.25) is 4.98 Å². The van der Waals surface area contributed by atoms with Gasteiger partial charge >= 0.3 is 6.18 Å². The Bertz CT molecular complexity index is 967. The molecule has 9 heteroatoms. The maximum Gasteiger partial charge on any atom is 0.428 e. The monoisotopic (exact) mass is 392 g/mol. The molecule has 3 aromatic rings. The molecule has 1 fully saturated rings. The molecule has 0 saturated carbocycles. The van der Waals surface area contributed by atoms with Crippen molar-refractivity contribution in [3.8, 4) is 17.1 Å². The van der Waals surface area contributed by atoms with Crippen molar-refractivity contribution >= 4 is 10.9 Å². The third kappa shape index (κ3) is 3.81. The lowest BCUT2D eigenvalue weighted by molar-refractivity contribution is -0.230. The van der Waals surface area contributed by atoms with Crippen LogP contribution in [0.1, 0.15) is 0 Å². The number of halogens is 3. The second-order valence-electron chi connectivity index (χ2n) is 6.64. The summed E-state index contributed by atoms with van der Waals surface area (Å²) < 4.78 is 53.8. The van der Waals surface area contributed by atoms with Crippen molar-refractivity contribution in [2.45, 2.75) is 18.4 Å². The number of aryl methyl sites for hydroxylation is 1. The Morgan fingerprint density at radius 3 is 2.89 bits per heavy atom. The molecule has 0 amide bonds. The number of morpholine rings is 1. The first-order chi connectivity index (χ1) is 13.4. The zero-order valence-electron chi connectivity index (χ0n) is 15.1. The number of ether oxygens (including phenoxy) is 2. The van der Waals surface area contributed by atoms with Crippen LogP contribution in [0.2, 0.25) is 0 Å². The van der Waals surface area contributed by atoms with Crippen molar-refractivity contribution in [2.24, 2.45) is 7.05 Å². The van der Waals surface area contributed by atoms with Crippen molar-refractivity contribution < 1.29 is 22.6 Å². The summed E-state index contributed by atoms with van der Waals surface area (Å²) in [5, 5.41) is 3.33. The predicted molar refractivity (Wildman–Crippen MR) is 97.0 cm³/mol. The summed E-state index contributed by atoms with van der Waals surface area (Å²) in [7, 11) is 1.85. The summed E-state index contributed by atoms with van der Waals surface area (Å²) in [6.45, 7) is 0.759. The number of fused-ring (bicyclic) bond motifs is 1. The molecule has 1 saturated heterocycles. The molecule has 1 aliphatic rings. The van der Waals surface area contributed by atoms with Crippen molar-refractivity contribution in [3.63, 3.8) is 0 Å². The SMILES string of the molecule is Cn1ccc(-c2cc3ncccc3c(O[C@H]([C@@H]3CNCCO3)C(F)(F)F)n2)c1. The van der Waals surface area contributed by atoms with Crippen LogP contribution in [-0.4, -0.2) is 52.6 Å². The van der Waals surface area contributed by atoms with Crippen LogP contribution in [0.5, 0.6) is 5.88 Å². The van der Waals surface area contributed by atoms with Crippen LogP contribution >= 0.6 is 0 Å². The number of alkyl halides is 3. The van der Waals surface area contributed by atoms with Gasteiger partial charge in [0.15, 0.2) is 0 Å². The van der Waals surface area contributed by atoms with E-state index in [1.54, 1.807) is 24.4 Å². The quantitative estimate of drug-likeness (QED) is 0.740. The zero-order valence-corrected chi connectivity index (χ0v) is 15.1. The van der Waals surface area contributed by atoms with E-state index < -0.39 is 18.4 Å². The first-order valence-corrected chi connectivity index (χ1v) is 8.85. The van der Waals surface area contributed by atoms with Gasteiger partial charge in [0.25, 0.3) is 0 Å². The minimum absolute atomic E-state index is 0.0543. The highest BCUT2D eigenvalue weighted by molar-refractivity contribution is 5.86. The largest absolute Gasteiger partial charge is 0.461 e. The summed E-state index contributed by atoms with van der Waals surface area (Å²) in [5.74, 6) is -0.110. The number of aromatic nitrogens is 3. The van der Waals surface area contributed by atoms with E-state index in [2.05, 4.69) is 15.3 Å². The summed E-state index contributed by atoms with van der Waals surface area (Å²) in [4.78, 5) is 8.65.